The second kappa shape index (κ2) is 6.73. The van der Waals surface area contributed by atoms with Crippen molar-refractivity contribution in [1.29, 1.82) is 0 Å². The highest BCUT2D eigenvalue weighted by atomic mass is 32.2. The van der Waals surface area contributed by atoms with Gasteiger partial charge >= 0.3 is 0 Å². The Balaban J connectivity index is 1.62. The van der Waals surface area contributed by atoms with Gasteiger partial charge in [-0.3, -0.25) is 4.79 Å². The van der Waals surface area contributed by atoms with Crippen LogP contribution in [0.25, 0.3) is 0 Å². The zero-order valence-electron chi connectivity index (χ0n) is 13.1. The molecule has 9 heteroatoms. The summed E-state index contributed by atoms with van der Waals surface area (Å²) in [5.74, 6) is -2.22. The van der Waals surface area contributed by atoms with Crippen molar-refractivity contribution in [2.24, 2.45) is 0 Å². The van der Waals surface area contributed by atoms with Crippen LogP contribution in [0.4, 0.5) is 8.78 Å². The third kappa shape index (κ3) is 3.73. The number of quaternary nitrogens is 1. The number of nitrogens with zero attached hydrogens (tertiary/aromatic N) is 1. The van der Waals surface area contributed by atoms with Crippen LogP contribution in [-0.2, 0) is 14.8 Å². The highest BCUT2D eigenvalue weighted by molar-refractivity contribution is 7.89. The van der Waals surface area contributed by atoms with Crippen molar-refractivity contribution in [2.75, 3.05) is 32.7 Å². The number of halogens is 2. The van der Waals surface area contributed by atoms with Crippen LogP contribution in [-0.4, -0.2) is 57.4 Å². The molecule has 1 amide bonds. The lowest BCUT2D eigenvalue weighted by molar-refractivity contribution is -0.895. The molecule has 0 spiro atoms. The van der Waals surface area contributed by atoms with Gasteiger partial charge in [-0.2, -0.15) is 4.31 Å². The van der Waals surface area contributed by atoms with Gasteiger partial charge in [0.05, 0.1) is 26.2 Å². The fourth-order valence-electron chi connectivity index (χ4n) is 2.81. The highest BCUT2D eigenvalue weighted by Crippen LogP contribution is 2.22. The van der Waals surface area contributed by atoms with Gasteiger partial charge in [-0.25, -0.2) is 17.2 Å². The number of nitrogens with one attached hydrogen (secondary N) is 2. The Hall–Kier alpha value is -1.58. The zero-order valence-corrected chi connectivity index (χ0v) is 13.9. The normalized spacial score (nSPS) is 20.1. The lowest BCUT2D eigenvalue weighted by Crippen LogP contribution is -3.15. The Kier molecular flexibility index (Phi) is 4.84. The summed E-state index contributed by atoms with van der Waals surface area (Å²) in [6, 6.07) is 3.28. The van der Waals surface area contributed by atoms with E-state index in [0.29, 0.717) is 25.7 Å². The molecule has 2 N–H and O–H groups in total. The van der Waals surface area contributed by atoms with Crippen molar-refractivity contribution < 1.29 is 26.9 Å². The first-order valence-electron chi connectivity index (χ1n) is 7.95. The number of benzene rings is 1. The van der Waals surface area contributed by atoms with E-state index in [1.165, 1.54) is 0 Å². The molecule has 1 aliphatic heterocycles. The molecule has 1 aromatic rings. The lowest BCUT2D eigenvalue weighted by atomic mass is 10.3. The number of sulfonamides is 1. The molecule has 1 aromatic carbocycles. The molecule has 0 atom stereocenters. The quantitative estimate of drug-likeness (QED) is 0.717. The van der Waals surface area contributed by atoms with Gasteiger partial charge in [-0.1, -0.05) is 6.07 Å². The van der Waals surface area contributed by atoms with Gasteiger partial charge in [0.25, 0.3) is 5.91 Å². The molecule has 1 saturated heterocycles. The summed E-state index contributed by atoms with van der Waals surface area (Å²) < 4.78 is 53.6. The van der Waals surface area contributed by atoms with Crippen molar-refractivity contribution in [3.05, 3.63) is 29.8 Å². The standard InChI is InChI=1S/C15H19F2N3O3S/c16-12-2-1-3-13(17)15(12)24(22,23)20-8-6-19(7-9-20)10-14(21)18-11-4-5-11/h1-3,11H,4-10H2,(H,18,21)/p+1. The van der Waals surface area contributed by atoms with E-state index in [4.69, 9.17) is 0 Å². The van der Waals surface area contributed by atoms with E-state index >= 15 is 0 Å². The van der Waals surface area contributed by atoms with Gasteiger partial charge in [-0.05, 0) is 25.0 Å². The third-order valence-electron chi connectivity index (χ3n) is 4.30. The molecule has 6 nitrogen and oxygen atoms in total. The molecular formula is C15H20F2N3O3S+. The molecule has 1 saturated carbocycles. The van der Waals surface area contributed by atoms with E-state index in [0.717, 1.165) is 40.2 Å². The molecule has 1 aliphatic carbocycles. The lowest BCUT2D eigenvalue weighted by Gasteiger charge is -2.31. The first-order chi connectivity index (χ1) is 11.4. The minimum Gasteiger partial charge on any atom is -0.348 e. The van der Waals surface area contributed by atoms with Crippen LogP contribution < -0.4 is 10.2 Å². The Bertz CT molecular complexity index is 709. The van der Waals surface area contributed by atoms with Gasteiger partial charge in [0, 0.05) is 6.04 Å². The average Bonchev–Trinajstić information content (AvgIpc) is 3.31. The van der Waals surface area contributed by atoms with Crippen LogP contribution in [0.2, 0.25) is 0 Å². The minimum absolute atomic E-state index is 0.0380. The zero-order chi connectivity index (χ0) is 17.3. The summed E-state index contributed by atoms with van der Waals surface area (Å²) in [7, 11) is -4.21. The minimum atomic E-state index is -4.21. The first kappa shape index (κ1) is 17.2. The van der Waals surface area contributed by atoms with E-state index in [1.54, 1.807) is 0 Å². The fourth-order valence-corrected chi connectivity index (χ4v) is 4.36. The number of rotatable bonds is 5. The van der Waals surface area contributed by atoms with Crippen LogP contribution in [0.5, 0.6) is 0 Å². The average molecular weight is 360 g/mol. The molecule has 24 heavy (non-hydrogen) atoms. The first-order valence-corrected chi connectivity index (χ1v) is 9.39. The highest BCUT2D eigenvalue weighted by Gasteiger charge is 2.35. The molecule has 0 radical (unpaired) electrons. The summed E-state index contributed by atoms with van der Waals surface area (Å²) in [4.78, 5) is 11.9. The monoisotopic (exact) mass is 360 g/mol. The summed E-state index contributed by atoms with van der Waals surface area (Å²) in [6.45, 7) is 1.39. The van der Waals surface area contributed by atoms with Gasteiger partial charge in [0.2, 0.25) is 10.0 Å². The van der Waals surface area contributed by atoms with Gasteiger partial charge in [0.1, 0.15) is 11.6 Å². The van der Waals surface area contributed by atoms with Crippen LogP contribution >= 0.6 is 0 Å². The Morgan fingerprint density at radius 1 is 1.21 bits per heavy atom. The molecule has 2 aliphatic rings. The largest absolute Gasteiger partial charge is 0.348 e. The maximum absolute atomic E-state index is 13.8. The van der Waals surface area contributed by atoms with Crippen LogP contribution in [0.15, 0.2) is 23.1 Å². The Morgan fingerprint density at radius 2 is 1.79 bits per heavy atom. The van der Waals surface area contributed by atoms with Crippen LogP contribution in [0, 0.1) is 11.6 Å². The van der Waals surface area contributed by atoms with Gasteiger partial charge < -0.3 is 10.2 Å². The second-order valence-corrected chi connectivity index (χ2v) is 8.10. The van der Waals surface area contributed by atoms with Gasteiger partial charge in [-0.15, -0.1) is 0 Å². The predicted octanol–water partition coefficient (Wildman–Crippen LogP) is -0.867. The van der Waals surface area contributed by atoms with E-state index in [2.05, 4.69) is 5.32 Å². The number of amides is 1. The molecule has 2 fully saturated rings. The number of carbonyl (C=O) groups is 1. The van der Waals surface area contributed by atoms with E-state index in [9.17, 15) is 22.0 Å². The Labute approximate surface area is 139 Å². The SMILES string of the molecule is O=C(C[NH+]1CCN(S(=O)(=O)c2c(F)cccc2F)CC1)NC1CC1. The molecular weight excluding hydrogens is 340 g/mol. The number of hydrogen-bond acceptors (Lipinski definition) is 3. The topological polar surface area (TPSA) is 70.9 Å². The number of carbonyl (C=O) groups excluding carboxylic acids is 1. The summed E-state index contributed by atoms with van der Waals surface area (Å²) in [5, 5.41) is 2.89. The maximum Gasteiger partial charge on any atom is 0.275 e. The number of piperazine rings is 1. The van der Waals surface area contributed by atoms with Crippen molar-refractivity contribution in [3.63, 3.8) is 0 Å². The van der Waals surface area contributed by atoms with E-state index in [-0.39, 0.29) is 19.0 Å². The molecule has 132 valence electrons. The van der Waals surface area contributed by atoms with Crippen molar-refractivity contribution in [1.82, 2.24) is 9.62 Å². The van der Waals surface area contributed by atoms with E-state index < -0.39 is 26.6 Å². The Morgan fingerprint density at radius 3 is 2.33 bits per heavy atom. The molecule has 0 aromatic heterocycles. The smallest absolute Gasteiger partial charge is 0.275 e. The number of hydrogen-bond donors (Lipinski definition) is 2. The predicted molar refractivity (Wildman–Crippen MR) is 81.8 cm³/mol. The van der Waals surface area contributed by atoms with Crippen molar-refractivity contribution in [3.8, 4) is 0 Å². The van der Waals surface area contributed by atoms with Crippen molar-refractivity contribution >= 4 is 15.9 Å². The van der Waals surface area contributed by atoms with Crippen molar-refractivity contribution in [2.45, 2.75) is 23.8 Å². The molecule has 1 heterocycles. The summed E-state index contributed by atoms with van der Waals surface area (Å²) in [5.41, 5.74) is 0. The molecule has 3 rings (SSSR count). The van der Waals surface area contributed by atoms with E-state index in [1.807, 2.05) is 0 Å². The molecule has 0 bridgehead atoms. The summed E-state index contributed by atoms with van der Waals surface area (Å²) >= 11 is 0. The fraction of sp³-hybridized carbons (Fsp3) is 0.533. The van der Waals surface area contributed by atoms with Crippen LogP contribution in [0.3, 0.4) is 0 Å². The molecule has 0 unspecified atom stereocenters. The second-order valence-electron chi connectivity index (χ2n) is 6.22. The summed E-state index contributed by atoms with van der Waals surface area (Å²) in [6.07, 6.45) is 2.03. The third-order valence-corrected chi connectivity index (χ3v) is 6.25. The van der Waals surface area contributed by atoms with Gasteiger partial charge in [0.15, 0.2) is 11.4 Å². The van der Waals surface area contributed by atoms with Crippen LogP contribution in [0.1, 0.15) is 12.8 Å². The maximum atomic E-state index is 13.8.